The smallest absolute Gasteiger partial charge is 0.0901 e. The number of fused-ring (bicyclic) bond motifs is 10. The number of rotatable bonds is 1. The van der Waals surface area contributed by atoms with Gasteiger partial charge < -0.3 is 4.57 Å². The maximum atomic E-state index is 4.79. The molecular formula is C33H24N2. The van der Waals surface area contributed by atoms with Gasteiger partial charge in [0.2, 0.25) is 0 Å². The van der Waals surface area contributed by atoms with Crippen LogP contribution in [0.4, 0.5) is 5.69 Å². The van der Waals surface area contributed by atoms with Crippen LogP contribution in [0, 0.1) is 0 Å². The van der Waals surface area contributed by atoms with Gasteiger partial charge in [0.05, 0.1) is 22.4 Å². The lowest BCUT2D eigenvalue weighted by Gasteiger charge is -2.21. The average Bonchev–Trinajstić information content (AvgIpc) is 3.56. The number of hydrogen-bond donors (Lipinski definition) is 0. The number of aliphatic imine (C=N–C) groups is 1. The van der Waals surface area contributed by atoms with Crippen LogP contribution in [0.1, 0.15) is 30.5 Å². The summed E-state index contributed by atoms with van der Waals surface area (Å²) in [5, 5.41) is 5.29. The minimum absolute atomic E-state index is 0.0182. The summed E-state index contributed by atoms with van der Waals surface area (Å²) in [6.07, 6.45) is 2.94. The molecule has 1 aliphatic heterocycles. The summed E-state index contributed by atoms with van der Waals surface area (Å²) in [6, 6.07) is 33.6. The minimum Gasteiger partial charge on any atom is -0.307 e. The van der Waals surface area contributed by atoms with Crippen molar-refractivity contribution in [2.75, 3.05) is 0 Å². The van der Waals surface area contributed by atoms with Crippen molar-refractivity contribution < 1.29 is 0 Å². The molecule has 2 aliphatic rings. The van der Waals surface area contributed by atoms with E-state index in [9.17, 15) is 0 Å². The fourth-order valence-electron chi connectivity index (χ4n) is 6.63. The van der Waals surface area contributed by atoms with Gasteiger partial charge in [0.25, 0.3) is 0 Å². The largest absolute Gasteiger partial charge is 0.307 e. The monoisotopic (exact) mass is 448 g/mol. The first-order valence-electron chi connectivity index (χ1n) is 12.4. The lowest BCUT2D eigenvalue weighted by Crippen LogP contribution is -2.14. The predicted octanol–water partition coefficient (Wildman–Crippen LogP) is 8.50. The van der Waals surface area contributed by atoms with Gasteiger partial charge in [-0.1, -0.05) is 86.6 Å². The van der Waals surface area contributed by atoms with Crippen molar-refractivity contribution in [1.29, 1.82) is 0 Å². The quantitative estimate of drug-likeness (QED) is 0.240. The number of aromatic nitrogens is 1. The molecule has 0 amide bonds. The van der Waals surface area contributed by atoms with E-state index in [4.69, 9.17) is 4.99 Å². The predicted molar refractivity (Wildman–Crippen MR) is 148 cm³/mol. The Balaban J connectivity index is 1.61. The van der Waals surface area contributed by atoms with Crippen molar-refractivity contribution in [3.63, 3.8) is 0 Å². The second-order valence-electron chi connectivity index (χ2n) is 10.4. The topological polar surface area (TPSA) is 17.3 Å². The average molecular weight is 449 g/mol. The Kier molecular flexibility index (Phi) is 3.55. The van der Waals surface area contributed by atoms with Gasteiger partial charge in [-0.25, -0.2) is 0 Å². The van der Waals surface area contributed by atoms with E-state index in [2.05, 4.69) is 109 Å². The SMILES string of the molecule is CC1(C)c2ccccc2-c2c1ccc1ccc3c(c4ccccc4n3-c3cccc4c3N=CC4)c21. The number of para-hydroxylation sites is 2. The molecule has 1 aliphatic carbocycles. The van der Waals surface area contributed by atoms with Gasteiger partial charge in [0.1, 0.15) is 0 Å². The second kappa shape index (κ2) is 6.49. The first kappa shape index (κ1) is 19.2. The zero-order valence-corrected chi connectivity index (χ0v) is 19.8. The van der Waals surface area contributed by atoms with Crippen molar-refractivity contribution in [1.82, 2.24) is 4.57 Å². The number of hydrogen-bond acceptors (Lipinski definition) is 1. The van der Waals surface area contributed by atoms with Crippen LogP contribution in [0.25, 0.3) is 49.4 Å². The Bertz CT molecular complexity index is 1900. The summed E-state index contributed by atoms with van der Waals surface area (Å²) < 4.78 is 2.43. The Labute approximate surface area is 204 Å². The third kappa shape index (κ3) is 2.32. The summed E-state index contributed by atoms with van der Waals surface area (Å²) in [5.41, 5.74) is 11.6. The van der Waals surface area contributed by atoms with Gasteiger partial charge >= 0.3 is 0 Å². The highest BCUT2D eigenvalue weighted by atomic mass is 15.0. The van der Waals surface area contributed by atoms with Gasteiger partial charge in [-0.05, 0) is 56.8 Å². The van der Waals surface area contributed by atoms with Gasteiger partial charge in [0, 0.05) is 28.8 Å². The lowest BCUT2D eigenvalue weighted by atomic mass is 9.82. The Morgan fingerprint density at radius 1 is 0.714 bits per heavy atom. The molecule has 0 N–H and O–H groups in total. The van der Waals surface area contributed by atoms with Crippen molar-refractivity contribution in [3.8, 4) is 16.8 Å². The molecule has 166 valence electrons. The molecule has 0 radical (unpaired) electrons. The van der Waals surface area contributed by atoms with Gasteiger partial charge in [-0.3, -0.25) is 4.99 Å². The van der Waals surface area contributed by atoms with E-state index in [0.29, 0.717) is 0 Å². The van der Waals surface area contributed by atoms with Crippen LogP contribution in [0.3, 0.4) is 0 Å². The number of nitrogens with zero attached hydrogens (tertiary/aromatic N) is 2. The van der Waals surface area contributed by atoms with Crippen molar-refractivity contribution in [2.24, 2.45) is 4.99 Å². The van der Waals surface area contributed by atoms with Crippen LogP contribution in [-0.2, 0) is 11.8 Å². The van der Waals surface area contributed by atoms with E-state index in [-0.39, 0.29) is 5.41 Å². The third-order valence-corrected chi connectivity index (χ3v) is 8.23. The summed E-state index contributed by atoms with van der Waals surface area (Å²) in [6.45, 7) is 4.72. The lowest BCUT2D eigenvalue weighted by molar-refractivity contribution is 0.661. The van der Waals surface area contributed by atoms with Gasteiger partial charge in [-0.15, -0.1) is 0 Å². The summed E-state index contributed by atoms with van der Waals surface area (Å²) in [5.74, 6) is 0. The fourth-order valence-corrected chi connectivity index (χ4v) is 6.63. The molecular weight excluding hydrogens is 424 g/mol. The van der Waals surface area contributed by atoms with Crippen LogP contribution in [0.2, 0.25) is 0 Å². The van der Waals surface area contributed by atoms with Gasteiger partial charge in [-0.2, -0.15) is 0 Å². The molecule has 2 nitrogen and oxygen atoms in total. The molecule has 0 bridgehead atoms. The molecule has 5 aromatic carbocycles. The second-order valence-corrected chi connectivity index (χ2v) is 10.4. The molecule has 0 saturated heterocycles. The molecule has 35 heavy (non-hydrogen) atoms. The minimum atomic E-state index is -0.0182. The molecule has 8 rings (SSSR count). The highest BCUT2D eigenvalue weighted by molar-refractivity contribution is 6.26. The molecule has 0 saturated carbocycles. The molecule has 0 spiro atoms. The first-order valence-corrected chi connectivity index (χ1v) is 12.4. The van der Waals surface area contributed by atoms with Crippen LogP contribution in [0.5, 0.6) is 0 Å². The van der Waals surface area contributed by atoms with Crippen LogP contribution < -0.4 is 0 Å². The van der Waals surface area contributed by atoms with Crippen LogP contribution in [0.15, 0.2) is 96.0 Å². The van der Waals surface area contributed by atoms with E-state index in [0.717, 1.165) is 17.8 Å². The number of benzene rings is 5. The van der Waals surface area contributed by atoms with E-state index in [1.54, 1.807) is 0 Å². The van der Waals surface area contributed by atoms with Gasteiger partial charge in [0.15, 0.2) is 0 Å². The van der Waals surface area contributed by atoms with E-state index >= 15 is 0 Å². The normalized spacial score (nSPS) is 15.1. The zero-order chi connectivity index (χ0) is 23.3. The molecule has 2 heterocycles. The maximum Gasteiger partial charge on any atom is 0.0901 e. The Hall–Kier alpha value is -4.17. The molecule has 6 aromatic rings. The van der Waals surface area contributed by atoms with Crippen LogP contribution >= 0.6 is 0 Å². The standard InChI is InChI=1S/C33H24N2/c1-33(2)24-11-5-3-9-22(24)30-25(33)16-14-20-15-17-27-31(29(20)30)23-10-4-6-12-26(23)35(27)28-13-7-8-21-18-19-34-32(21)28/h3-17,19H,18H2,1-2H3. The fraction of sp³-hybridized carbons (Fsp3) is 0.121. The Morgan fingerprint density at radius 3 is 2.49 bits per heavy atom. The summed E-state index contributed by atoms with van der Waals surface area (Å²) >= 11 is 0. The van der Waals surface area contributed by atoms with E-state index < -0.39 is 0 Å². The van der Waals surface area contributed by atoms with E-state index in [1.165, 1.54) is 60.4 Å². The van der Waals surface area contributed by atoms with Crippen molar-refractivity contribution in [3.05, 3.63) is 108 Å². The summed E-state index contributed by atoms with van der Waals surface area (Å²) in [7, 11) is 0. The molecule has 0 atom stereocenters. The summed E-state index contributed by atoms with van der Waals surface area (Å²) in [4.78, 5) is 4.79. The third-order valence-electron chi connectivity index (χ3n) is 8.23. The molecule has 0 unspecified atom stereocenters. The van der Waals surface area contributed by atoms with Crippen molar-refractivity contribution >= 4 is 44.5 Å². The Morgan fingerprint density at radius 2 is 1.54 bits per heavy atom. The highest BCUT2D eigenvalue weighted by Gasteiger charge is 2.36. The first-order chi connectivity index (χ1) is 17.1. The molecule has 2 heteroatoms. The molecule has 0 fully saturated rings. The zero-order valence-electron chi connectivity index (χ0n) is 19.8. The maximum absolute atomic E-state index is 4.79. The van der Waals surface area contributed by atoms with E-state index in [1.807, 2.05) is 6.21 Å². The van der Waals surface area contributed by atoms with Crippen LogP contribution in [-0.4, -0.2) is 10.8 Å². The molecule has 1 aromatic heterocycles. The van der Waals surface area contributed by atoms with Crippen molar-refractivity contribution in [2.45, 2.75) is 25.7 Å². The highest BCUT2D eigenvalue weighted by Crippen LogP contribution is 2.53.